The van der Waals surface area contributed by atoms with E-state index in [1.165, 1.54) is 12.3 Å². The highest BCUT2D eigenvalue weighted by Crippen LogP contribution is 2.20. The fraction of sp³-hybridized carbons (Fsp3) is 0.600. The van der Waals surface area contributed by atoms with Crippen LogP contribution < -0.4 is 10.6 Å². The number of carbonyl (C=O) groups excluding carboxylic acids is 2. The standard InChI is InChI=1S/C10H16N2O5/c1-16-7-4-10(17-8(7)5-13)11-3-2-9(15)12-6-14/h2-3,6-8,10-11,13H,4-5H2,1H3,(H,12,14,15)/b3-2-/t7-,8+,10+/m0/s1. The second-order valence-corrected chi connectivity index (χ2v) is 3.48. The lowest BCUT2D eigenvalue weighted by atomic mass is 10.2. The number of imide groups is 1. The van der Waals surface area contributed by atoms with E-state index in [1.54, 1.807) is 7.11 Å². The molecular weight excluding hydrogens is 228 g/mol. The summed E-state index contributed by atoms with van der Waals surface area (Å²) >= 11 is 0. The zero-order valence-corrected chi connectivity index (χ0v) is 9.46. The third-order valence-electron chi connectivity index (χ3n) is 2.40. The van der Waals surface area contributed by atoms with Crippen LogP contribution in [0.25, 0.3) is 0 Å². The number of aliphatic hydroxyl groups is 1. The average molecular weight is 244 g/mol. The summed E-state index contributed by atoms with van der Waals surface area (Å²) in [7, 11) is 1.55. The van der Waals surface area contributed by atoms with Crippen molar-refractivity contribution < 1.29 is 24.2 Å². The van der Waals surface area contributed by atoms with Gasteiger partial charge in [-0.15, -0.1) is 0 Å². The summed E-state index contributed by atoms with van der Waals surface area (Å²) in [6.07, 6.45) is 2.58. The van der Waals surface area contributed by atoms with Crippen LogP contribution in [0.2, 0.25) is 0 Å². The second kappa shape index (κ2) is 7.00. The van der Waals surface area contributed by atoms with Crippen molar-refractivity contribution in [1.82, 2.24) is 10.6 Å². The van der Waals surface area contributed by atoms with Crippen molar-refractivity contribution in [1.29, 1.82) is 0 Å². The van der Waals surface area contributed by atoms with Crippen molar-refractivity contribution in [3.05, 3.63) is 12.3 Å². The molecule has 7 nitrogen and oxygen atoms in total. The smallest absolute Gasteiger partial charge is 0.251 e. The van der Waals surface area contributed by atoms with E-state index in [-0.39, 0.29) is 25.0 Å². The highest BCUT2D eigenvalue weighted by Gasteiger charge is 2.34. The summed E-state index contributed by atoms with van der Waals surface area (Å²) in [5.74, 6) is -0.521. The van der Waals surface area contributed by atoms with Crippen LogP contribution in [-0.2, 0) is 19.1 Å². The quantitative estimate of drug-likeness (QED) is 0.388. The molecule has 0 bridgehead atoms. The third kappa shape index (κ3) is 4.14. The van der Waals surface area contributed by atoms with Gasteiger partial charge >= 0.3 is 0 Å². The normalized spacial score (nSPS) is 28.2. The Labute approximate surface area is 98.8 Å². The minimum atomic E-state index is -0.521. The van der Waals surface area contributed by atoms with E-state index in [9.17, 15) is 9.59 Å². The topological polar surface area (TPSA) is 96.9 Å². The molecular formula is C10H16N2O5. The molecule has 0 saturated carbocycles. The fourth-order valence-corrected chi connectivity index (χ4v) is 1.57. The summed E-state index contributed by atoms with van der Waals surface area (Å²) in [4.78, 5) is 20.8. The maximum Gasteiger partial charge on any atom is 0.251 e. The molecule has 0 radical (unpaired) electrons. The van der Waals surface area contributed by atoms with E-state index < -0.39 is 5.91 Å². The second-order valence-electron chi connectivity index (χ2n) is 3.48. The molecule has 0 aromatic carbocycles. The van der Waals surface area contributed by atoms with Crippen molar-refractivity contribution >= 4 is 12.3 Å². The molecule has 1 fully saturated rings. The summed E-state index contributed by atoms with van der Waals surface area (Å²) in [6, 6.07) is 0. The Morgan fingerprint density at radius 3 is 2.94 bits per heavy atom. The van der Waals surface area contributed by atoms with Crippen LogP contribution in [0.4, 0.5) is 0 Å². The van der Waals surface area contributed by atoms with E-state index in [2.05, 4.69) is 5.32 Å². The van der Waals surface area contributed by atoms with Gasteiger partial charge in [0, 0.05) is 25.8 Å². The van der Waals surface area contributed by atoms with Crippen LogP contribution in [0, 0.1) is 0 Å². The molecule has 0 aliphatic carbocycles. The predicted octanol–water partition coefficient (Wildman–Crippen LogP) is -1.52. The monoisotopic (exact) mass is 244 g/mol. The molecule has 3 atom stereocenters. The number of rotatable bonds is 6. The number of methoxy groups -OCH3 is 1. The minimum absolute atomic E-state index is 0.119. The van der Waals surface area contributed by atoms with E-state index >= 15 is 0 Å². The third-order valence-corrected chi connectivity index (χ3v) is 2.40. The van der Waals surface area contributed by atoms with Crippen molar-refractivity contribution in [3.63, 3.8) is 0 Å². The number of aliphatic hydroxyl groups excluding tert-OH is 1. The molecule has 17 heavy (non-hydrogen) atoms. The van der Waals surface area contributed by atoms with Crippen LogP contribution in [0.3, 0.4) is 0 Å². The number of hydrogen-bond acceptors (Lipinski definition) is 6. The van der Waals surface area contributed by atoms with Crippen LogP contribution in [0.1, 0.15) is 6.42 Å². The molecule has 1 aliphatic rings. The lowest BCUT2D eigenvalue weighted by Gasteiger charge is -2.13. The van der Waals surface area contributed by atoms with Gasteiger partial charge in [0.1, 0.15) is 12.3 Å². The number of hydrogen-bond donors (Lipinski definition) is 3. The molecule has 1 aliphatic heterocycles. The Kier molecular flexibility index (Phi) is 5.61. The molecule has 0 spiro atoms. The number of ether oxygens (including phenoxy) is 2. The van der Waals surface area contributed by atoms with Crippen LogP contribution in [0.5, 0.6) is 0 Å². The molecule has 96 valence electrons. The van der Waals surface area contributed by atoms with E-state index in [0.717, 1.165) is 0 Å². The molecule has 0 aromatic rings. The van der Waals surface area contributed by atoms with Gasteiger partial charge in [-0.25, -0.2) is 0 Å². The highest BCUT2D eigenvalue weighted by atomic mass is 16.6. The van der Waals surface area contributed by atoms with Crippen molar-refractivity contribution in [2.45, 2.75) is 24.9 Å². The minimum Gasteiger partial charge on any atom is -0.394 e. The molecule has 1 saturated heterocycles. The van der Waals surface area contributed by atoms with Crippen molar-refractivity contribution in [3.8, 4) is 0 Å². The number of nitrogens with one attached hydrogen (secondary N) is 2. The lowest BCUT2D eigenvalue weighted by molar-refractivity contribution is -0.121. The fourth-order valence-electron chi connectivity index (χ4n) is 1.57. The van der Waals surface area contributed by atoms with Gasteiger partial charge in [0.25, 0.3) is 5.91 Å². The Balaban J connectivity index is 2.34. The van der Waals surface area contributed by atoms with Gasteiger partial charge in [0.05, 0.1) is 12.7 Å². The van der Waals surface area contributed by atoms with Gasteiger partial charge < -0.3 is 19.9 Å². The van der Waals surface area contributed by atoms with Gasteiger partial charge in [0.2, 0.25) is 6.41 Å². The predicted molar refractivity (Wildman–Crippen MR) is 57.6 cm³/mol. The molecule has 1 rings (SSSR count). The first-order valence-corrected chi connectivity index (χ1v) is 5.17. The van der Waals surface area contributed by atoms with Gasteiger partial charge in [-0.2, -0.15) is 0 Å². The highest BCUT2D eigenvalue weighted by molar-refractivity contribution is 5.94. The largest absolute Gasteiger partial charge is 0.394 e. The Morgan fingerprint density at radius 1 is 1.65 bits per heavy atom. The lowest BCUT2D eigenvalue weighted by Crippen LogP contribution is -2.27. The van der Waals surface area contributed by atoms with Crippen LogP contribution in [-0.4, -0.2) is 49.6 Å². The summed E-state index contributed by atoms with van der Waals surface area (Å²) < 4.78 is 10.6. The molecule has 2 amide bonds. The molecule has 7 heteroatoms. The molecule has 3 N–H and O–H groups in total. The van der Waals surface area contributed by atoms with Crippen molar-refractivity contribution in [2.24, 2.45) is 0 Å². The first kappa shape index (κ1) is 13.6. The van der Waals surface area contributed by atoms with Gasteiger partial charge in [-0.1, -0.05) is 0 Å². The van der Waals surface area contributed by atoms with E-state index in [4.69, 9.17) is 14.6 Å². The van der Waals surface area contributed by atoms with Crippen molar-refractivity contribution in [2.75, 3.05) is 13.7 Å². The van der Waals surface area contributed by atoms with E-state index in [0.29, 0.717) is 12.8 Å². The van der Waals surface area contributed by atoms with E-state index in [1.807, 2.05) is 5.32 Å². The Morgan fingerprint density at radius 2 is 2.41 bits per heavy atom. The summed E-state index contributed by atoms with van der Waals surface area (Å²) in [6.45, 7) is -0.119. The first-order valence-electron chi connectivity index (χ1n) is 5.17. The zero-order chi connectivity index (χ0) is 12.7. The van der Waals surface area contributed by atoms with Crippen LogP contribution >= 0.6 is 0 Å². The van der Waals surface area contributed by atoms with Gasteiger partial charge in [0.15, 0.2) is 0 Å². The van der Waals surface area contributed by atoms with Crippen LogP contribution in [0.15, 0.2) is 12.3 Å². The summed E-state index contributed by atoms with van der Waals surface area (Å²) in [5, 5.41) is 13.8. The number of carbonyl (C=O) groups is 2. The Hall–Kier alpha value is -1.44. The van der Waals surface area contributed by atoms with Gasteiger partial charge in [-0.3, -0.25) is 14.9 Å². The maximum absolute atomic E-state index is 10.9. The number of amides is 2. The SMILES string of the molecule is CO[C@H]1C[C@H](N/C=C\C(=O)NC=O)O[C@@H]1CO. The van der Waals surface area contributed by atoms with Gasteiger partial charge in [-0.05, 0) is 0 Å². The zero-order valence-electron chi connectivity index (χ0n) is 9.46. The molecule has 0 unspecified atom stereocenters. The first-order chi connectivity index (χ1) is 8.21. The molecule has 0 aromatic heterocycles. The maximum atomic E-state index is 10.9. The summed E-state index contributed by atoms with van der Waals surface area (Å²) in [5.41, 5.74) is 0. The average Bonchev–Trinajstić information content (AvgIpc) is 2.72. The molecule has 1 heterocycles. The Bertz CT molecular complexity index is 282.